The summed E-state index contributed by atoms with van der Waals surface area (Å²) < 4.78 is 0. The molecular weight excluding hydrogens is 378 g/mol. The average molecular weight is 418 g/mol. The minimum atomic E-state index is 0.184. The van der Waals surface area contributed by atoms with Crippen LogP contribution in [-0.2, 0) is 11.2 Å². The number of amides is 1. The van der Waals surface area contributed by atoms with Crippen LogP contribution in [0.15, 0.2) is 65.9 Å². The van der Waals surface area contributed by atoms with Gasteiger partial charge in [-0.05, 0) is 71.8 Å². The van der Waals surface area contributed by atoms with E-state index in [9.17, 15) is 4.79 Å². The van der Waals surface area contributed by atoms with Crippen molar-refractivity contribution >= 4 is 5.91 Å². The molecule has 0 spiro atoms. The van der Waals surface area contributed by atoms with Crippen LogP contribution in [0.25, 0.3) is 0 Å². The van der Waals surface area contributed by atoms with Gasteiger partial charge >= 0.3 is 0 Å². The van der Waals surface area contributed by atoms with E-state index in [2.05, 4.69) is 77.1 Å². The molecule has 5 atom stereocenters. The molecule has 0 radical (unpaired) electrons. The predicted molar refractivity (Wildman–Crippen MR) is 129 cm³/mol. The Hall–Kier alpha value is -2.09. The maximum Gasteiger partial charge on any atom is 0.251 e. The van der Waals surface area contributed by atoms with Gasteiger partial charge in [-0.2, -0.15) is 0 Å². The number of allylic oxidation sites excluding steroid dienone is 4. The Bertz CT molecular complexity index is 893. The lowest BCUT2D eigenvalue weighted by Gasteiger charge is -2.43. The molecule has 1 aromatic rings. The first kappa shape index (κ1) is 22.1. The fraction of sp³-hybridized carbons (Fsp3) is 0.552. The number of hydrogen-bond acceptors (Lipinski definition) is 1. The molecule has 5 unspecified atom stereocenters. The molecule has 1 saturated carbocycles. The first-order chi connectivity index (χ1) is 14.8. The van der Waals surface area contributed by atoms with Crippen molar-refractivity contribution < 1.29 is 4.79 Å². The van der Waals surface area contributed by atoms with Crippen molar-refractivity contribution in [3.63, 3.8) is 0 Å². The van der Waals surface area contributed by atoms with E-state index in [-0.39, 0.29) is 11.3 Å². The minimum absolute atomic E-state index is 0.184. The number of fused-ring (bicyclic) bond motifs is 3. The molecule has 2 nitrogen and oxygen atoms in total. The lowest BCUT2D eigenvalue weighted by atomic mass is 9.62. The smallest absolute Gasteiger partial charge is 0.251 e. The average Bonchev–Trinajstić information content (AvgIpc) is 3.27. The van der Waals surface area contributed by atoms with Crippen LogP contribution >= 0.6 is 0 Å². The van der Waals surface area contributed by atoms with Gasteiger partial charge in [-0.15, -0.1) is 0 Å². The normalized spacial score (nSPS) is 29.7. The third-order valence-corrected chi connectivity index (χ3v) is 8.52. The Morgan fingerprint density at radius 1 is 1.10 bits per heavy atom. The van der Waals surface area contributed by atoms with E-state index in [1.165, 1.54) is 29.7 Å². The van der Waals surface area contributed by atoms with Crippen LogP contribution in [-0.4, -0.2) is 17.4 Å². The number of carbonyl (C=O) groups excluding carboxylic acids is 1. The summed E-state index contributed by atoms with van der Waals surface area (Å²) in [7, 11) is 0. The van der Waals surface area contributed by atoms with Gasteiger partial charge in [-0.3, -0.25) is 4.79 Å². The lowest BCUT2D eigenvalue weighted by Crippen LogP contribution is -2.37. The van der Waals surface area contributed by atoms with Crippen LogP contribution < -0.4 is 0 Å². The Balaban J connectivity index is 1.49. The van der Waals surface area contributed by atoms with Crippen molar-refractivity contribution in [3.8, 4) is 0 Å². The third kappa shape index (κ3) is 4.19. The number of benzene rings is 1. The molecule has 166 valence electrons. The van der Waals surface area contributed by atoms with E-state index >= 15 is 0 Å². The maximum atomic E-state index is 12.9. The zero-order valence-electron chi connectivity index (χ0n) is 20.0. The van der Waals surface area contributed by atoms with Crippen LogP contribution in [0.1, 0.15) is 59.4 Å². The highest BCUT2D eigenvalue weighted by Crippen LogP contribution is 2.60. The Morgan fingerprint density at radius 2 is 1.84 bits per heavy atom. The lowest BCUT2D eigenvalue weighted by molar-refractivity contribution is -0.123. The fourth-order valence-electron chi connectivity index (χ4n) is 6.14. The zero-order chi connectivity index (χ0) is 22.2. The Morgan fingerprint density at radius 3 is 2.55 bits per heavy atom. The zero-order valence-corrected chi connectivity index (χ0v) is 20.0. The summed E-state index contributed by atoms with van der Waals surface area (Å²) in [4.78, 5) is 14.9. The molecule has 1 aliphatic heterocycles. The van der Waals surface area contributed by atoms with E-state index in [0.717, 1.165) is 19.4 Å². The van der Waals surface area contributed by atoms with E-state index in [0.29, 0.717) is 29.6 Å². The summed E-state index contributed by atoms with van der Waals surface area (Å²) in [5.74, 6) is 3.27. The molecule has 1 fully saturated rings. The molecule has 1 aromatic carbocycles. The molecule has 0 saturated heterocycles. The van der Waals surface area contributed by atoms with Crippen molar-refractivity contribution in [2.45, 2.75) is 60.3 Å². The van der Waals surface area contributed by atoms with Crippen molar-refractivity contribution in [2.24, 2.45) is 35.0 Å². The van der Waals surface area contributed by atoms with E-state index in [1.807, 2.05) is 17.0 Å². The van der Waals surface area contributed by atoms with Gasteiger partial charge in [-0.25, -0.2) is 0 Å². The topological polar surface area (TPSA) is 20.3 Å². The van der Waals surface area contributed by atoms with Crippen LogP contribution in [0, 0.1) is 35.0 Å². The van der Waals surface area contributed by atoms with Gasteiger partial charge in [0.25, 0.3) is 5.91 Å². The van der Waals surface area contributed by atoms with Crippen LogP contribution in [0.4, 0.5) is 0 Å². The largest absolute Gasteiger partial charge is 0.309 e. The summed E-state index contributed by atoms with van der Waals surface area (Å²) in [6.07, 6.45) is 13.7. The molecule has 31 heavy (non-hydrogen) atoms. The predicted octanol–water partition coefficient (Wildman–Crippen LogP) is 6.80. The summed E-state index contributed by atoms with van der Waals surface area (Å²) in [6.45, 7) is 12.6. The van der Waals surface area contributed by atoms with Crippen LogP contribution in [0.3, 0.4) is 0 Å². The molecule has 0 aromatic heterocycles. The summed E-state index contributed by atoms with van der Waals surface area (Å²) in [6, 6.07) is 10.5. The highest BCUT2D eigenvalue weighted by Gasteiger charge is 2.52. The monoisotopic (exact) mass is 417 g/mol. The SMILES string of the molecule is CC(C)C(C)C=CC(C)C1CCC2C3=CC(=O)N(CCc4ccccc4)C3=CCC21C. The van der Waals surface area contributed by atoms with Crippen LogP contribution in [0.5, 0.6) is 0 Å². The van der Waals surface area contributed by atoms with Crippen molar-refractivity contribution in [1.29, 1.82) is 0 Å². The third-order valence-electron chi connectivity index (χ3n) is 8.52. The first-order valence-electron chi connectivity index (χ1n) is 12.3. The van der Waals surface area contributed by atoms with Crippen LogP contribution in [0.2, 0.25) is 0 Å². The number of hydrogen-bond donors (Lipinski definition) is 0. The summed E-state index contributed by atoms with van der Waals surface area (Å²) in [5, 5.41) is 0. The maximum absolute atomic E-state index is 12.9. The molecule has 0 bridgehead atoms. The van der Waals surface area contributed by atoms with Crippen molar-refractivity contribution in [3.05, 3.63) is 71.5 Å². The van der Waals surface area contributed by atoms with E-state index in [1.54, 1.807) is 0 Å². The van der Waals surface area contributed by atoms with Gasteiger partial charge in [0.2, 0.25) is 0 Å². The molecule has 3 aliphatic rings. The van der Waals surface area contributed by atoms with Crippen molar-refractivity contribution in [1.82, 2.24) is 4.90 Å². The van der Waals surface area contributed by atoms with Gasteiger partial charge in [-0.1, -0.05) is 83.2 Å². The van der Waals surface area contributed by atoms with Gasteiger partial charge < -0.3 is 4.90 Å². The Labute approximate surface area is 189 Å². The molecule has 0 N–H and O–H groups in total. The highest BCUT2D eigenvalue weighted by molar-refractivity contribution is 5.95. The number of nitrogens with zero attached hydrogens (tertiary/aromatic N) is 1. The minimum Gasteiger partial charge on any atom is -0.309 e. The molecule has 1 amide bonds. The second kappa shape index (κ2) is 8.81. The van der Waals surface area contributed by atoms with Crippen molar-refractivity contribution in [2.75, 3.05) is 6.54 Å². The fourth-order valence-corrected chi connectivity index (χ4v) is 6.14. The van der Waals surface area contributed by atoms with Gasteiger partial charge in [0.15, 0.2) is 0 Å². The highest BCUT2D eigenvalue weighted by atomic mass is 16.2. The summed E-state index contributed by atoms with van der Waals surface area (Å²) in [5.41, 5.74) is 4.08. The first-order valence-corrected chi connectivity index (χ1v) is 12.3. The van der Waals surface area contributed by atoms with Gasteiger partial charge in [0.1, 0.15) is 0 Å². The molecule has 4 rings (SSSR count). The van der Waals surface area contributed by atoms with Gasteiger partial charge in [0.05, 0.1) is 0 Å². The molecule has 1 heterocycles. The Kier molecular flexibility index (Phi) is 6.28. The molecule has 2 heteroatoms. The second-order valence-corrected chi connectivity index (χ2v) is 10.7. The van der Waals surface area contributed by atoms with E-state index in [4.69, 9.17) is 0 Å². The molecule has 2 aliphatic carbocycles. The summed E-state index contributed by atoms with van der Waals surface area (Å²) >= 11 is 0. The quantitative estimate of drug-likeness (QED) is 0.447. The number of carbonyl (C=O) groups is 1. The standard InChI is InChI=1S/C29H39NO/c1-20(2)21(3)11-12-22(4)25-13-14-26-24-19-28(31)30(27(24)15-17-29(25,26)5)18-16-23-9-7-6-8-10-23/h6-12,15,19-22,25-26H,13-14,16-18H2,1-5H3. The van der Waals surface area contributed by atoms with E-state index < -0.39 is 0 Å². The molecular formula is C29H39NO. The number of rotatable bonds is 7. The second-order valence-electron chi connectivity index (χ2n) is 10.7. The van der Waals surface area contributed by atoms with Gasteiger partial charge in [0, 0.05) is 18.3 Å².